The maximum absolute atomic E-state index is 8.99. The third-order valence-corrected chi connectivity index (χ3v) is 2.63. The Morgan fingerprint density at radius 1 is 1.30 bits per heavy atom. The van der Waals surface area contributed by atoms with E-state index in [4.69, 9.17) is 9.59 Å². The molecule has 0 rings (SSSR count). The van der Waals surface area contributed by atoms with Crippen molar-refractivity contribution in [2.45, 2.75) is 25.4 Å². The quantitative estimate of drug-likeness (QED) is 0.396. The number of rotatable bonds is 5. The summed E-state index contributed by atoms with van der Waals surface area (Å²) in [5.74, 6) is 0. The topological polar surface area (TPSA) is 52.5 Å². The van der Waals surface area contributed by atoms with Crippen molar-refractivity contribution in [1.82, 2.24) is 5.32 Å². The minimum Gasteiger partial charge on any atom is -0.411 e. The Bertz CT molecular complexity index is 82.3. The van der Waals surface area contributed by atoms with Gasteiger partial charge < -0.3 is 14.9 Å². The van der Waals surface area contributed by atoms with Crippen LogP contribution in [0.25, 0.3) is 0 Å². The minimum absolute atomic E-state index is 0.592. The summed E-state index contributed by atoms with van der Waals surface area (Å²) in [6.45, 7) is 2.51. The molecule has 62 valence electrons. The summed E-state index contributed by atoms with van der Waals surface area (Å²) >= 11 is 0. The van der Waals surface area contributed by atoms with Crippen molar-refractivity contribution in [3.8, 4) is 0 Å². The predicted octanol–water partition coefficient (Wildman–Crippen LogP) is 0.0426. The standard InChI is InChI=1S/C6H17NO2Si/c1-7-5-3-4-6-10(2,8)9/h7-9H,3-6H2,1-2H3. The molecule has 0 aliphatic rings. The molecule has 0 aliphatic carbocycles. The highest BCUT2D eigenvalue weighted by Crippen LogP contribution is 2.05. The van der Waals surface area contributed by atoms with Crippen LogP contribution in [0.3, 0.4) is 0 Å². The summed E-state index contributed by atoms with van der Waals surface area (Å²) < 4.78 is 0. The van der Waals surface area contributed by atoms with Crippen LogP contribution >= 0.6 is 0 Å². The van der Waals surface area contributed by atoms with Crippen LogP contribution in [0.5, 0.6) is 0 Å². The molecule has 0 unspecified atom stereocenters. The maximum Gasteiger partial charge on any atom is 0.329 e. The van der Waals surface area contributed by atoms with Gasteiger partial charge in [0.15, 0.2) is 0 Å². The van der Waals surface area contributed by atoms with Gasteiger partial charge in [-0.15, -0.1) is 0 Å². The Balaban J connectivity index is 3.04. The third-order valence-electron chi connectivity index (χ3n) is 1.33. The second kappa shape index (κ2) is 4.84. The van der Waals surface area contributed by atoms with Crippen LogP contribution in [0.2, 0.25) is 12.6 Å². The number of nitrogens with one attached hydrogen (secondary N) is 1. The van der Waals surface area contributed by atoms with Crippen LogP contribution in [-0.4, -0.2) is 31.7 Å². The summed E-state index contributed by atoms with van der Waals surface area (Å²) in [6.07, 6.45) is 1.94. The van der Waals surface area contributed by atoms with E-state index < -0.39 is 8.56 Å². The van der Waals surface area contributed by atoms with Gasteiger partial charge in [0.2, 0.25) is 0 Å². The van der Waals surface area contributed by atoms with Crippen LogP contribution in [-0.2, 0) is 0 Å². The van der Waals surface area contributed by atoms with E-state index in [2.05, 4.69) is 5.32 Å². The molecule has 0 fully saturated rings. The molecule has 0 aromatic carbocycles. The maximum atomic E-state index is 8.99. The first-order valence-corrected chi connectivity index (χ1v) is 6.26. The molecule has 10 heavy (non-hydrogen) atoms. The Hall–Kier alpha value is 0.0969. The molecule has 0 atom stereocenters. The second-order valence-corrected chi connectivity index (χ2v) is 5.71. The van der Waals surface area contributed by atoms with Crippen molar-refractivity contribution >= 4 is 8.56 Å². The summed E-state index contributed by atoms with van der Waals surface area (Å²) in [7, 11) is -0.838. The average molecular weight is 163 g/mol. The molecule has 0 saturated carbocycles. The molecule has 0 amide bonds. The van der Waals surface area contributed by atoms with Gasteiger partial charge in [-0.25, -0.2) is 0 Å². The summed E-state index contributed by atoms with van der Waals surface area (Å²) in [4.78, 5) is 18.0. The molecular formula is C6H17NO2Si. The Morgan fingerprint density at radius 2 is 1.90 bits per heavy atom. The van der Waals surface area contributed by atoms with Crippen LogP contribution < -0.4 is 5.32 Å². The lowest BCUT2D eigenvalue weighted by atomic mass is 10.3. The second-order valence-electron chi connectivity index (χ2n) is 2.78. The van der Waals surface area contributed by atoms with Crippen LogP contribution in [0.1, 0.15) is 12.8 Å². The first-order chi connectivity index (χ1) is 4.56. The van der Waals surface area contributed by atoms with Crippen LogP contribution in [0.15, 0.2) is 0 Å². The first kappa shape index (κ1) is 10.1. The normalized spacial score (nSPS) is 12.0. The van der Waals surface area contributed by atoms with Crippen molar-refractivity contribution < 1.29 is 9.59 Å². The highest BCUT2D eigenvalue weighted by Gasteiger charge is 2.19. The van der Waals surface area contributed by atoms with Crippen molar-refractivity contribution in [2.24, 2.45) is 0 Å². The highest BCUT2D eigenvalue weighted by atomic mass is 28.4. The zero-order chi connectivity index (χ0) is 8.04. The third kappa shape index (κ3) is 8.10. The SMILES string of the molecule is CNCCCC[Si](C)(O)O. The Kier molecular flexibility index (Phi) is 4.89. The molecule has 3 nitrogen and oxygen atoms in total. The van der Waals surface area contributed by atoms with E-state index in [9.17, 15) is 0 Å². The van der Waals surface area contributed by atoms with E-state index in [0.717, 1.165) is 19.4 Å². The Morgan fingerprint density at radius 3 is 2.30 bits per heavy atom. The first-order valence-electron chi connectivity index (χ1n) is 3.65. The summed E-state index contributed by atoms with van der Waals surface area (Å²) in [6, 6.07) is 0.592. The van der Waals surface area contributed by atoms with Crippen molar-refractivity contribution in [1.29, 1.82) is 0 Å². The molecule has 0 heterocycles. The monoisotopic (exact) mass is 163 g/mol. The van der Waals surface area contributed by atoms with Crippen LogP contribution in [0.4, 0.5) is 0 Å². The molecule has 0 saturated heterocycles. The van der Waals surface area contributed by atoms with Crippen molar-refractivity contribution in [3.05, 3.63) is 0 Å². The lowest BCUT2D eigenvalue weighted by Crippen LogP contribution is -2.29. The van der Waals surface area contributed by atoms with Gasteiger partial charge in [-0.1, -0.05) is 6.42 Å². The smallest absolute Gasteiger partial charge is 0.329 e. The average Bonchev–Trinajstić information content (AvgIpc) is 1.78. The van der Waals surface area contributed by atoms with E-state index in [1.807, 2.05) is 7.05 Å². The van der Waals surface area contributed by atoms with Crippen LogP contribution in [0, 0.1) is 0 Å². The molecule has 0 aliphatic heterocycles. The predicted molar refractivity (Wildman–Crippen MR) is 44.0 cm³/mol. The lowest BCUT2D eigenvalue weighted by molar-refractivity contribution is 0.366. The van der Waals surface area contributed by atoms with Crippen molar-refractivity contribution in [2.75, 3.05) is 13.6 Å². The molecular weight excluding hydrogens is 146 g/mol. The van der Waals surface area contributed by atoms with E-state index in [1.165, 1.54) is 0 Å². The van der Waals surface area contributed by atoms with E-state index >= 15 is 0 Å². The zero-order valence-electron chi connectivity index (χ0n) is 6.72. The number of hydrogen-bond acceptors (Lipinski definition) is 3. The van der Waals surface area contributed by atoms with Gasteiger partial charge in [-0.3, -0.25) is 0 Å². The number of hydrogen-bond donors (Lipinski definition) is 3. The molecule has 0 radical (unpaired) electrons. The van der Waals surface area contributed by atoms with Gasteiger partial charge in [0.25, 0.3) is 0 Å². The highest BCUT2D eigenvalue weighted by molar-refractivity contribution is 6.63. The van der Waals surface area contributed by atoms with Gasteiger partial charge in [0.1, 0.15) is 0 Å². The van der Waals surface area contributed by atoms with E-state index in [1.54, 1.807) is 6.55 Å². The fraction of sp³-hybridized carbons (Fsp3) is 1.00. The largest absolute Gasteiger partial charge is 0.411 e. The molecule has 0 aromatic rings. The van der Waals surface area contributed by atoms with Gasteiger partial charge in [0.05, 0.1) is 0 Å². The minimum atomic E-state index is -2.73. The summed E-state index contributed by atoms with van der Waals surface area (Å²) in [5.41, 5.74) is 0. The molecule has 4 heteroatoms. The fourth-order valence-electron chi connectivity index (χ4n) is 0.762. The molecule has 0 aromatic heterocycles. The number of unbranched alkanes of at least 4 members (excludes halogenated alkanes) is 1. The lowest BCUT2D eigenvalue weighted by Gasteiger charge is -2.10. The fourth-order valence-corrected chi connectivity index (χ4v) is 1.68. The van der Waals surface area contributed by atoms with E-state index in [0.29, 0.717) is 6.04 Å². The Labute approximate surface area is 63.3 Å². The summed E-state index contributed by atoms with van der Waals surface area (Å²) in [5, 5.41) is 3.01. The molecule has 0 bridgehead atoms. The van der Waals surface area contributed by atoms with Gasteiger partial charge >= 0.3 is 8.56 Å². The van der Waals surface area contributed by atoms with Gasteiger partial charge in [-0.05, 0) is 32.6 Å². The van der Waals surface area contributed by atoms with Gasteiger partial charge in [0, 0.05) is 0 Å². The molecule has 3 N–H and O–H groups in total. The molecule has 0 spiro atoms. The van der Waals surface area contributed by atoms with E-state index in [-0.39, 0.29) is 0 Å². The zero-order valence-corrected chi connectivity index (χ0v) is 7.72. The van der Waals surface area contributed by atoms with Crippen molar-refractivity contribution in [3.63, 3.8) is 0 Å². The van der Waals surface area contributed by atoms with Gasteiger partial charge in [-0.2, -0.15) is 0 Å².